The molecule has 12 heavy (non-hydrogen) atoms. The van der Waals surface area contributed by atoms with Crippen molar-refractivity contribution in [3.63, 3.8) is 0 Å². The third-order valence-corrected chi connectivity index (χ3v) is 2.14. The zero-order chi connectivity index (χ0) is 9.61. The van der Waals surface area contributed by atoms with E-state index in [2.05, 4.69) is 20.8 Å². The molecule has 2 heteroatoms. The second-order valence-electron chi connectivity index (χ2n) is 4.50. The Morgan fingerprint density at radius 1 is 1.33 bits per heavy atom. The molecule has 0 saturated heterocycles. The minimum absolute atomic E-state index is 0.0288. The van der Waals surface area contributed by atoms with E-state index in [9.17, 15) is 0 Å². The molecule has 0 radical (unpaired) electrons. The number of hydrogen-bond acceptors (Lipinski definition) is 2. The summed E-state index contributed by atoms with van der Waals surface area (Å²) in [6.45, 7) is 6.61. The molecule has 74 valence electrons. The van der Waals surface area contributed by atoms with Gasteiger partial charge in [-0.3, -0.25) is 0 Å². The maximum atomic E-state index is 8.67. The normalized spacial score (nSPS) is 14.8. The van der Waals surface area contributed by atoms with Gasteiger partial charge in [-0.15, -0.1) is 0 Å². The molecule has 0 aliphatic heterocycles. The van der Waals surface area contributed by atoms with Crippen molar-refractivity contribution in [3.05, 3.63) is 0 Å². The Balaban J connectivity index is 3.31. The van der Waals surface area contributed by atoms with Crippen molar-refractivity contribution < 1.29 is 5.11 Å². The van der Waals surface area contributed by atoms with Crippen LogP contribution in [0.1, 0.15) is 46.5 Å². The lowest BCUT2D eigenvalue weighted by atomic mass is 9.94. The highest BCUT2D eigenvalue weighted by Crippen LogP contribution is 2.15. The number of aliphatic hydroxyl groups is 1. The zero-order valence-corrected chi connectivity index (χ0v) is 8.64. The van der Waals surface area contributed by atoms with E-state index >= 15 is 0 Å². The van der Waals surface area contributed by atoms with E-state index in [1.807, 2.05) is 0 Å². The highest BCUT2D eigenvalue weighted by atomic mass is 16.3. The van der Waals surface area contributed by atoms with E-state index in [0.29, 0.717) is 12.5 Å². The van der Waals surface area contributed by atoms with E-state index in [4.69, 9.17) is 10.8 Å². The second kappa shape index (κ2) is 5.55. The molecule has 0 aromatic rings. The van der Waals surface area contributed by atoms with E-state index in [-0.39, 0.29) is 5.54 Å². The minimum Gasteiger partial charge on any atom is -0.396 e. The summed E-state index contributed by atoms with van der Waals surface area (Å²) in [5.41, 5.74) is 5.82. The van der Waals surface area contributed by atoms with Gasteiger partial charge in [0.05, 0.1) is 0 Å². The van der Waals surface area contributed by atoms with Gasteiger partial charge in [0.1, 0.15) is 0 Å². The van der Waals surface area contributed by atoms with Crippen LogP contribution in [0.25, 0.3) is 0 Å². The first-order valence-corrected chi connectivity index (χ1v) is 4.85. The van der Waals surface area contributed by atoms with E-state index in [0.717, 1.165) is 12.8 Å². The van der Waals surface area contributed by atoms with E-state index in [1.54, 1.807) is 0 Å². The Kier molecular flexibility index (Phi) is 5.51. The first-order valence-electron chi connectivity index (χ1n) is 4.85. The molecule has 0 rings (SSSR count). The predicted molar refractivity (Wildman–Crippen MR) is 53.0 cm³/mol. The first-order chi connectivity index (χ1) is 5.45. The Bertz CT molecular complexity index is 107. The van der Waals surface area contributed by atoms with Crippen molar-refractivity contribution in [2.75, 3.05) is 6.61 Å². The van der Waals surface area contributed by atoms with Crippen molar-refractivity contribution in [2.24, 2.45) is 11.7 Å². The molecular formula is C10H23NO. The molecule has 2 nitrogen and oxygen atoms in total. The van der Waals surface area contributed by atoms with Crippen LogP contribution in [0.5, 0.6) is 0 Å². The van der Waals surface area contributed by atoms with Gasteiger partial charge in [-0.05, 0) is 32.6 Å². The fourth-order valence-corrected chi connectivity index (χ4v) is 1.27. The standard InChI is InChI=1S/C10H23NO/c1-9(6-8-12)5-4-7-10(2,3)11/h9,12H,4-8,11H2,1-3H3. The average molecular weight is 173 g/mol. The lowest BCUT2D eigenvalue weighted by Crippen LogP contribution is -2.31. The Morgan fingerprint density at radius 3 is 2.33 bits per heavy atom. The summed E-state index contributed by atoms with van der Waals surface area (Å²) >= 11 is 0. The van der Waals surface area contributed by atoms with E-state index < -0.39 is 0 Å². The van der Waals surface area contributed by atoms with Crippen LogP contribution in [0.3, 0.4) is 0 Å². The summed E-state index contributed by atoms with van der Waals surface area (Å²) in [7, 11) is 0. The summed E-state index contributed by atoms with van der Waals surface area (Å²) in [5, 5.41) is 8.67. The molecule has 0 aliphatic carbocycles. The highest BCUT2D eigenvalue weighted by molar-refractivity contribution is 4.71. The molecule has 0 heterocycles. The van der Waals surface area contributed by atoms with Crippen LogP contribution in [-0.2, 0) is 0 Å². The van der Waals surface area contributed by atoms with Gasteiger partial charge in [0.2, 0.25) is 0 Å². The second-order valence-corrected chi connectivity index (χ2v) is 4.50. The van der Waals surface area contributed by atoms with Crippen LogP contribution in [0, 0.1) is 5.92 Å². The molecule has 0 aliphatic rings. The molecule has 0 aromatic heterocycles. The molecule has 0 spiro atoms. The highest BCUT2D eigenvalue weighted by Gasteiger charge is 2.10. The molecule has 0 fully saturated rings. The van der Waals surface area contributed by atoms with Gasteiger partial charge in [0.25, 0.3) is 0 Å². The summed E-state index contributed by atoms with van der Waals surface area (Å²) in [6.07, 6.45) is 4.35. The topological polar surface area (TPSA) is 46.2 Å². The van der Waals surface area contributed by atoms with Crippen LogP contribution in [0.15, 0.2) is 0 Å². The van der Waals surface area contributed by atoms with Crippen LogP contribution in [0.2, 0.25) is 0 Å². The van der Waals surface area contributed by atoms with Gasteiger partial charge in [-0.2, -0.15) is 0 Å². The molecule has 0 amide bonds. The van der Waals surface area contributed by atoms with Gasteiger partial charge >= 0.3 is 0 Å². The molecule has 0 aromatic carbocycles. The zero-order valence-electron chi connectivity index (χ0n) is 8.64. The predicted octanol–water partition coefficient (Wildman–Crippen LogP) is 1.91. The number of rotatable bonds is 6. The van der Waals surface area contributed by atoms with Crippen molar-refractivity contribution in [3.8, 4) is 0 Å². The Morgan fingerprint density at radius 2 is 1.92 bits per heavy atom. The molecule has 0 saturated carbocycles. The number of aliphatic hydroxyl groups excluding tert-OH is 1. The smallest absolute Gasteiger partial charge is 0.0433 e. The molecule has 1 atom stereocenters. The first kappa shape index (κ1) is 11.9. The SMILES string of the molecule is CC(CCO)CCCC(C)(C)N. The van der Waals surface area contributed by atoms with Crippen molar-refractivity contribution in [2.45, 2.75) is 52.0 Å². The van der Waals surface area contributed by atoms with Crippen LogP contribution in [0.4, 0.5) is 0 Å². The van der Waals surface area contributed by atoms with Gasteiger partial charge < -0.3 is 10.8 Å². The van der Waals surface area contributed by atoms with Crippen molar-refractivity contribution in [1.82, 2.24) is 0 Å². The number of hydrogen-bond donors (Lipinski definition) is 2. The third-order valence-electron chi connectivity index (χ3n) is 2.14. The van der Waals surface area contributed by atoms with Crippen LogP contribution in [-0.4, -0.2) is 17.3 Å². The third kappa shape index (κ3) is 8.02. The van der Waals surface area contributed by atoms with Gasteiger partial charge in [-0.1, -0.05) is 19.8 Å². The maximum absolute atomic E-state index is 8.67. The monoisotopic (exact) mass is 173 g/mol. The summed E-state index contributed by atoms with van der Waals surface area (Å²) in [6, 6.07) is 0. The van der Waals surface area contributed by atoms with Crippen LogP contribution >= 0.6 is 0 Å². The number of nitrogens with two attached hydrogens (primary N) is 1. The quantitative estimate of drug-likeness (QED) is 0.644. The molecule has 3 N–H and O–H groups in total. The fraction of sp³-hybridized carbons (Fsp3) is 1.00. The average Bonchev–Trinajstić information content (AvgIpc) is 1.84. The van der Waals surface area contributed by atoms with E-state index in [1.165, 1.54) is 12.8 Å². The summed E-state index contributed by atoms with van der Waals surface area (Å²) in [5.74, 6) is 0.636. The van der Waals surface area contributed by atoms with Gasteiger partial charge in [0, 0.05) is 12.1 Å². The molecule has 0 bridgehead atoms. The Hall–Kier alpha value is -0.0800. The van der Waals surface area contributed by atoms with Crippen molar-refractivity contribution in [1.29, 1.82) is 0 Å². The van der Waals surface area contributed by atoms with Gasteiger partial charge in [-0.25, -0.2) is 0 Å². The van der Waals surface area contributed by atoms with Crippen LogP contribution < -0.4 is 5.73 Å². The van der Waals surface area contributed by atoms with Crippen molar-refractivity contribution >= 4 is 0 Å². The summed E-state index contributed by atoms with van der Waals surface area (Å²) in [4.78, 5) is 0. The fourth-order valence-electron chi connectivity index (χ4n) is 1.27. The molecular weight excluding hydrogens is 150 g/mol. The minimum atomic E-state index is -0.0288. The lowest BCUT2D eigenvalue weighted by Gasteiger charge is -2.19. The largest absolute Gasteiger partial charge is 0.396 e. The lowest BCUT2D eigenvalue weighted by molar-refractivity contribution is 0.255. The van der Waals surface area contributed by atoms with Gasteiger partial charge in [0.15, 0.2) is 0 Å². The maximum Gasteiger partial charge on any atom is 0.0433 e. The Labute approximate surface area is 76.2 Å². The summed E-state index contributed by atoms with van der Waals surface area (Å²) < 4.78 is 0. The molecule has 1 unspecified atom stereocenters.